The summed E-state index contributed by atoms with van der Waals surface area (Å²) in [7, 11) is 0. The SMILES string of the molecule is C=C1[C@H](N)C/C(=C\C=C2/CCC[C@@]3(C)C2CCC3[C@@H](C)[C@H](C)CCC(C)(C)O)C[C@H]1O. The minimum Gasteiger partial charge on any atom is -0.390 e. The van der Waals surface area contributed by atoms with Gasteiger partial charge >= 0.3 is 0 Å². The molecule has 0 aromatic carbocycles. The van der Waals surface area contributed by atoms with E-state index in [4.69, 9.17) is 5.73 Å². The van der Waals surface area contributed by atoms with Crippen molar-refractivity contribution in [3.63, 3.8) is 0 Å². The normalized spacial score (nSPS) is 39.0. The van der Waals surface area contributed by atoms with E-state index in [0.29, 0.717) is 29.6 Å². The molecule has 3 rings (SSSR count). The van der Waals surface area contributed by atoms with Crippen LogP contribution in [0, 0.1) is 29.1 Å². The number of aliphatic hydroxyl groups is 2. The van der Waals surface area contributed by atoms with Gasteiger partial charge in [-0.15, -0.1) is 0 Å². The zero-order valence-corrected chi connectivity index (χ0v) is 20.7. The van der Waals surface area contributed by atoms with E-state index >= 15 is 0 Å². The van der Waals surface area contributed by atoms with Crippen molar-refractivity contribution in [1.29, 1.82) is 0 Å². The molecule has 0 amide bonds. The van der Waals surface area contributed by atoms with Crippen molar-refractivity contribution in [2.45, 2.75) is 110 Å². The van der Waals surface area contributed by atoms with Gasteiger partial charge in [0.1, 0.15) is 0 Å². The van der Waals surface area contributed by atoms with Crippen LogP contribution in [0.1, 0.15) is 92.4 Å². The topological polar surface area (TPSA) is 66.5 Å². The highest BCUT2D eigenvalue weighted by atomic mass is 16.3. The average molecular weight is 430 g/mol. The van der Waals surface area contributed by atoms with E-state index in [1.165, 1.54) is 37.7 Å². The Bertz CT molecular complexity index is 699. The largest absolute Gasteiger partial charge is 0.390 e. The lowest BCUT2D eigenvalue weighted by Crippen LogP contribution is -2.37. The molecule has 3 aliphatic carbocycles. The summed E-state index contributed by atoms with van der Waals surface area (Å²) in [6.07, 6.45) is 14.1. The summed E-state index contributed by atoms with van der Waals surface area (Å²) in [5, 5.41) is 20.4. The molecule has 31 heavy (non-hydrogen) atoms. The Labute approximate surface area is 190 Å². The highest BCUT2D eigenvalue weighted by molar-refractivity contribution is 5.30. The van der Waals surface area contributed by atoms with E-state index in [1.807, 2.05) is 13.8 Å². The number of hydrogen-bond acceptors (Lipinski definition) is 3. The molecule has 4 N–H and O–H groups in total. The van der Waals surface area contributed by atoms with Crippen LogP contribution in [-0.2, 0) is 0 Å². The fourth-order valence-corrected chi connectivity index (χ4v) is 6.87. The minimum atomic E-state index is -0.564. The molecule has 0 heterocycles. The van der Waals surface area contributed by atoms with Crippen LogP contribution in [0.3, 0.4) is 0 Å². The number of aliphatic hydroxyl groups excluding tert-OH is 1. The Morgan fingerprint density at radius 3 is 2.58 bits per heavy atom. The van der Waals surface area contributed by atoms with Gasteiger partial charge in [-0.25, -0.2) is 0 Å². The zero-order chi connectivity index (χ0) is 23.0. The number of fused-ring (bicyclic) bond motifs is 1. The molecule has 0 saturated heterocycles. The fourth-order valence-electron chi connectivity index (χ4n) is 6.87. The van der Waals surface area contributed by atoms with E-state index in [0.717, 1.165) is 30.8 Å². The first-order chi connectivity index (χ1) is 14.4. The number of allylic oxidation sites excluding steroid dienone is 3. The monoisotopic (exact) mass is 429 g/mol. The maximum absolute atomic E-state index is 10.2. The Morgan fingerprint density at radius 1 is 1.23 bits per heavy atom. The second-order valence-electron chi connectivity index (χ2n) is 12.0. The molecule has 7 atom stereocenters. The standard InChI is InChI=1S/C28H47NO2/c1-18(13-15-27(4,5)31)19(2)23-11-12-24-22(8-7-14-28(23,24)6)10-9-21-16-25(29)20(3)26(30)17-21/h9-10,18-19,23-26,30-31H,3,7-8,11-17,29H2,1-2,4-6H3/b21-9+,22-10+/t18-,19+,23?,24?,25-,26-,28-/m1/s1. The van der Waals surface area contributed by atoms with Crippen LogP contribution in [0.5, 0.6) is 0 Å². The molecule has 0 radical (unpaired) electrons. The summed E-state index contributed by atoms with van der Waals surface area (Å²) in [6, 6.07) is -0.118. The van der Waals surface area contributed by atoms with Gasteiger partial charge in [0.2, 0.25) is 0 Å². The highest BCUT2D eigenvalue weighted by Crippen LogP contribution is 2.60. The van der Waals surface area contributed by atoms with Gasteiger partial charge in [0.15, 0.2) is 0 Å². The molecule has 2 unspecified atom stereocenters. The van der Waals surface area contributed by atoms with E-state index in [2.05, 4.69) is 39.5 Å². The molecule has 0 aromatic rings. The molecule has 0 aromatic heterocycles. The smallest absolute Gasteiger partial charge is 0.0799 e. The van der Waals surface area contributed by atoms with E-state index in [9.17, 15) is 10.2 Å². The molecule has 3 saturated carbocycles. The van der Waals surface area contributed by atoms with Gasteiger partial charge in [-0.3, -0.25) is 0 Å². The van der Waals surface area contributed by atoms with Crippen molar-refractivity contribution in [3.8, 4) is 0 Å². The number of hydrogen-bond donors (Lipinski definition) is 3. The average Bonchev–Trinajstić information content (AvgIpc) is 3.04. The van der Waals surface area contributed by atoms with Gasteiger partial charge in [0.25, 0.3) is 0 Å². The van der Waals surface area contributed by atoms with Crippen LogP contribution in [0.4, 0.5) is 0 Å². The van der Waals surface area contributed by atoms with Gasteiger partial charge < -0.3 is 15.9 Å². The third kappa shape index (κ3) is 5.54. The minimum absolute atomic E-state index is 0.118. The lowest BCUT2D eigenvalue weighted by atomic mass is 9.59. The van der Waals surface area contributed by atoms with Gasteiger partial charge in [0.05, 0.1) is 11.7 Å². The van der Waals surface area contributed by atoms with Crippen LogP contribution in [-0.4, -0.2) is 28.0 Å². The van der Waals surface area contributed by atoms with Crippen LogP contribution in [0.15, 0.2) is 35.5 Å². The molecule has 0 bridgehead atoms. The molecule has 3 heteroatoms. The van der Waals surface area contributed by atoms with Gasteiger partial charge in [-0.1, -0.05) is 50.6 Å². The molecular formula is C28H47NO2. The van der Waals surface area contributed by atoms with Crippen molar-refractivity contribution in [2.24, 2.45) is 34.8 Å². The summed E-state index contributed by atoms with van der Waals surface area (Å²) in [6.45, 7) is 15.2. The van der Waals surface area contributed by atoms with E-state index in [-0.39, 0.29) is 6.04 Å². The quantitative estimate of drug-likeness (QED) is 0.459. The molecule has 3 nitrogen and oxygen atoms in total. The maximum atomic E-state index is 10.2. The molecule has 0 aliphatic heterocycles. The lowest BCUT2D eigenvalue weighted by Gasteiger charge is -2.45. The van der Waals surface area contributed by atoms with Crippen molar-refractivity contribution >= 4 is 0 Å². The third-order valence-electron chi connectivity index (χ3n) is 9.16. The van der Waals surface area contributed by atoms with Gasteiger partial charge in [-0.2, -0.15) is 0 Å². The summed E-state index contributed by atoms with van der Waals surface area (Å²) in [5.41, 5.74) is 9.65. The fraction of sp³-hybridized carbons (Fsp3) is 0.786. The van der Waals surface area contributed by atoms with Crippen molar-refractivity contribution < 1.29 is 10.2 Å². The van der Waals surface area contributed by atoms with Gasteiger partial charge in [-0.05, 0) is 106 Å². The first-order valence-corrected chi connectivity index (χ1v) is 12.7. The van der Waals surface area contributed by atoms with Crippen LogP contribution < -0.4 is 5.73 Å². The zero-order valence-electron chi connectivity index (χ0n) is 20.7. The van der Waals surface area contributed by atoms with Crippen LogP contribution >= 0.6 is 0 Å². The van der Waals surface area contributed by atoms with E-state index < -0.39 is 11.7 Å². The lowest BCUT2D eigenvalue weighted by molar-refractivity contribution is 0.0447. The summed E-state index contributed by atoms with van der Waals surface area (Å²) in [5.74, 6) is 2.78. The highest BCUT2D eigenvalue weighted by Gasteiger charge is 2.51. The van der Waals surface area contributed by atoms with Crippen molar-refractivity contribution in [2.75, 3.05) is 0 Å². The predicted octanol–water partition coefficient (Wildman–Crippen LogP) is 5.92. The van der Waals surface area contributed by atoms with Crippen LogP contribution in [0.2, 0.25) is 0 Å². The van der Waals surface area contributed by atoms with E-state index in [1.54, 1.807) is 5.57 Å². The molecule has 176 valence electrons. The molecule has 3 aliphatic rings. The Morgan fingerprint density at radius 2 is 1.94 bits per heavy atom. The number of nitrogens with two attached hydrogens (primary N) is 1. The first-order valence-electron chi connectivity index (χ1n) is 12.7. The van der Waals surface area contributed by atoms with Crippen molar-refractivity contribution in [3.05, 3.63) is 35.5 Å². The van der Waals surface area contributed by atoms with Crippen molar-refractivity contribution in [1.82, 2.24) is 0 Å². The van der Waals surface area contributed by atoms with Gasteiger partial charge in [0, 0.05) is 6.04 Å². The Kier molecular flexibility index (Phi) is 7.61. The molecular weight excluding hydrogens is 382 g/mol. The Hall–Kier alpha value is -0.900. The third-order valence-corrected chi connectivity index (χ3v) is 9.16. The molecule has 3 fully saturated rings. The second-order valence-corrected chi connectivity index (χ2v) is 12.0. The first kappa shape index (κ1) is 24.7. The summed E-state index contributed by atoms with van der Waals surface area (Å²) < 4.78 is 0. The summed E-state index contributed by atoms with van der Waals surface area (Å²) in [4.78, 5) is 0. The number of rotatable bonds is 6. The molecule has 0 spiro atoms. The summed E-state index contributed by atoms with van der Waals surface area (Å²) >= 11 is 0. The maximum Gasteiger partial charge on any atom is 0.0799 e. The Balaban J connectivity index is 1.71. The second kappa shape index (κ2) is 9.53. The van der Waals surface area contributed by atoms with Crippen LogP contribution in [0.25, 0.3) is 0 Å². The predicted molar refractivity (Wildman–Crippen MR) is 131 cm³/mol.